The highest BCUT2D eigenvalue weighted by atomic mass is 32.2. The first kappa shape index (κ1) is 21.0. The fraction of sp³-hybridized carbons (Fsp3) is 0.579. The van der Waals surface area contributed by atoms with E-state index in [1.54, 1.807) is 7.11 Å². The van der Waals surface area contributed by atoms with E-state index in [0.29, 0.717) is 24.4 Å². The summed E-state index contributed by atoms with van der Waals surface area (Å²) < 4.78 is 33.6. The van der Waals surface area contributed by atoms with E-state index < -0.39 is 9.84 Å². The van der Waals surface area contributed by atoms with Crippen LogP contribution in [-0.2, 0) is 23.1 Å². The van der Waals surface area contributed by atoms with E-state index in [4.69, 9.17) is 22.1 Å². The molecule has 0 spiro atoms. The van der Waals surface area contributed by atoms with Gasteiger partial charge in [-0.25, -0.2) is 13.1 Å². The van der Waals surface area contributed by atoms with Crippen LogP contribution in [0.1, 0.15) is 26.7 Å². The smallest absolute Gasteiger partial charge is 0.199 e. The number of benzene rings is 1. The van der Waals surface area contributed by atoms with Crippen molar-refractivity contribution in [2.45, 2.75) is 45.9 Å². The van der Waals surface area contributed by atoms with Crippen LogP contribution in [0, 0.1) is 4.77 Å². The summed E-state index contributed by atoms with van der Waals surface area (Å²) in [5, 5.41) is 4.78. The third-order valence-electron chi connectivity index (χ3n) is 5.14. The molecule has 0 saturated carbocycles. The first-order valence-electron chi connectivity index (χ1n) is 9.65. The highest BCUT2D eigenvalue weighted by Crippen LogP contribution is 2.23. The Bertz CT molecular complexity index is 964. The van der Waals surface area contributed by atoms with Gasteiger partial charge < -0.3 is 9.30 Å². The Morgan fingerprint density at radius 2 is 2.00 bits per heavy atom. The maximum absolute atomic E-state index is 11.9. The molecule has 1 aliphatic heterocycles. The summed E-state index contributed by atoms with van der Waals surface area (Å²) in [7, 11) is -1.29. The lowest BCUT2D eigenvalue weighted by Crippen LogP contribution is -2.38. The second kappa shape index (κ2) is 8.75. The highest BCUT2D eigenvalue weighted by Gasteiger charge is 2.32. The predicted molar refractivity (Wildman–Crippen MR) is 113 cm³/mol. The van der Waals surface area contributed by atoms with Crippen molar-refractivity contribution in [2.75, 3.05) is 25.2 Å². The lowest BCUT2D eigenvalue weighted by molar-refractivity contribution is 0.155. The first-order valence-corrected chi connectivity index (χ1v) is 11.9. The van der Waals surface area contributed by atoms with Crippen LogP contribution in [0.15, 0.2) is 24.3 Å². The van der Waals surface area contributed by atoms with E-state index >= 15 is 0 Å². The molecule has 2 aromatic rings. The molecule has 0 aliphatic carbocycles. The molecule has 7 nitrogen and oxygen atoms in total. The molecule has 3 rings (SSSR count). The zero-order chi connectivity index (χ0) is 20.3. The van der Waals surface area contributed by atoms with Crippen LogP contribution < -0.4 is 4.74 Å². The average molecular weight is 425 g/mol. The van der Waals surface area contributed by atoms with E-state index in [1.807, 2.05) is 40.4 Å². The van der Waals surface area contributed by atoms with Gasteiger partial charge in [0.25, 0.3) is 0 Å². The Labute approximate surface area is 171 Å². The summed E-state index contributed by atoms with van der Waals surface area (Å²) in [5.74, 6) is 2.09. The van der Waals surface area contributed by atoms with Crippen LogP contribution in [0.2, 0.25) is 0 Å². The van der Waals surface area contributed by atoms with Crippen molar-refractivity contribution < 1.29 is 13.2 Å². The zero-order valence-corrected chi connectivity index (χ0v) is 18.3. The van der Waals surface area contributed by atoms with Crippen LogP contribution in [0.4, 0.5) is 0 Å². The van der Waals surface area contributed by atoms with Gasteiger partial charge in [0, 0.05) is 18.2 Å². The van der Waals surface area contributed by atoms with Gasteiger partial charge in [-0.3, -0.25) is 4.90 Å². The Morgan fingerprint density at radius 3 is 2.54 bits per heavy atom. The van der Waals surface area contributed by atoms with Gasteiger partial charge in [0.1, 0.15) is 5.75 Å². The number of sulfone groups is 1. The standard InChI is InChI=1S/C19H28N4O3S2/c1-4-11-21(16-10-12-28(24,25)13-16)14-23-19(27)22(5-2)18(20-23)15-6-8-17(26-3)9-7-15/h6-9,16H,4-5,10-14H2,1-3H3. The van der Waals surface area contributed by atoms with E-state index in [9.17, 15) is 8.42 Å². The van der Waals surface area contributed by atoms with Crippen molar-refractivity contribution >= 4 is 22.1 Å². The van der Waals surface area contributed by atoms with Gasteiger partial charge in [-0.2, -0.15) is 5.10 Å². The largest absolute Gasteiger partial charge is 0.497 e. The van der Waals surface area contributed by atoms with Crippen molar-refractivity contribution in [2.24, 2.45) is 0 Å². The summed E-state index contributed by atoms with van der Waals surface area (Å²) >= 11 is 5.68. The van der Waals surface area contributed by atoms with Gasteiger partial charge >= 0.3 is 0 Å². The lowest BCUT2D eigenvalue weighted by Gasteiger charge is -2.27. The first-order chi connectivity index (χ1) is 13.4. The zero-order valence-electron chi connectivity index (χ0n) is 16.7. The van der Waals surface area contributed by atoms with Crippen LogP contribution in [0.5, 0.6) is 5.75 Å². The number of aromatic nitrogens is 3. The molecule has 1 unspecified atom stereocenters. The fourth-order valence-corrected chi connectivity index (χ4v) is 5.74. The lowest BCUT2D eigenvalue weighted by atomic mass is 10.2. The van der Waals surface area contributed by atoms with E-state index in [0.717, 1.165) is 30.1 Å². The van der Waals surface area contributed by atoms with E-state index in [2.05, 4.69) is 11.8 Å². The molecule has 0 radical (unpaired) electrons. The molecule has 28 heavy (non-hydrogen) atoms. The van der Waals surface area contributed by atoms with E-state index in [-0.39, 0.29) is 17.5 Å². The molecule has 1 atom stereocenters. The molecule has 0 N–H and O–H groups in total. The summed E-state index contributed by atoms with van der Waals surface area (Å²) in [6, 6.07) is 7.79. The fourth-order valence-electron chi connectivity index (χ4n) is 3.66. The summed E-state index contributed by atoms with van der Waals surface area (Å²) in [4.78, 5) is 2.20. The predicted octanol–water partition coefficient (Wildman–Crippen LogP) is 2.97. The molecular formula is C19H28N4O3S2. The van der Waals surface area contributed by atoms with Gasteiger partial charge in [-0.05, 0) is 62.8 Å². The van der Waals surface area contributed by atoms with Crippen LogP contribution in [0.25, 0.3) is 11.4 Å². The van der Waals surface area contributed by atoms with Gasteiger partial charge in [0.2, 0.25) is 0 Å². The molecule has 1 saturated heterocycles. The minimum Gasteiger partial charge on any atom is -0.497 e. The third-order valence-corrected chi connectivity index (χ3v) is 7.32. The molecule has 1 fully saturated rings. The number of rotatable bonds is 8. The van der Waals surface area contributed by atoms with Crippen molar-refractivity contribution in [3.8, 4) is 17.1 Å². The summed E-state index contributed by atoms with van der Waals surface area (Å²) in [6.45, 7) is 6.18. The molecule has 2 heterocycles. The van der Waals surface area contributed by atoms with Crippen molar-refractivity contribution in [1.82, 2.24) is 19.2 Å². The number of methoxy groups -OCH3 is 1. The summed E-state index contributed by atoms with van der Waals surface area (Å²) in [5.41, 5.74) is 0.970. The molecule has 1 aromatic heterocycles. The number of nitrogens with zero attached hydrogens (tertiary/aromatic N) is 4. The SMILES string of the molecule is CCCN(Cn1nc(-c2ccc(OC)cc2)n(CC)c1=S)C1CCS(=O)(=O)C1. The van der Waals surface area contributed by atoms with Crippen LogP contribution in [-0.4, -0.2) is 58.9 Å². The molecule has 1 aromatic carbocycles. The van der Waals surface area contributed by atoms with Gasteiger partial charge in [0.15, 0.2) is 20.4 Å². The molecule has 1 aliphatic rings. The van der Waals surface area contributed by atoms with Gasteiger partial charge in [0.05, 0.1) is 25.3 Å². The second-order valence-corrected chi connectivity index (χ2v) is 9.68. The summed E-state index contributed by atoms with van der Waals surface area (Å²) in [6.07, 6.45) is 1.62. The molecule has 0 amide bonds. The Balaban J connectivity index is 1.90. The normalized spacial score (nSPS) is 18.6. The minimum absolute atomic E-state index is 0.0306. The Hall–Kier alpha value is -1.71. The van der Waals surface area contributed by atoms with Crippen molar-refractivity contribution in [3.05, 3.63) is 29.0 Å². The maximum atomic E-state index is 11.9. The highest BCUT2D eigenvalue weighted by molar-refractivity contribution is 7.91. The topological polar surface area (TPSA) is 69.4 Å². The number of ether oxygens (including phenoxy) is 1. The quantitative estimate of drug-likeness (QED) is 0.607. The van der Waals surface area contributed by atoms with Crippen molar-refractivity contribution in [3.63, 3.8) is 0 Å². The molecular weight excluding hydrogens is 396 g/mol. The maximum Gasteiger partial charge on any atom is 0.199 e. The minimum atomic E-state index is -2.93. The third kappa shape index (κ3) is 4.47. The second-order valence-electron chi connectivity index (χ2n) is 7.09. The van der Waals surface area contributed by atoms with E-state index in [1.165, 1.54) is 0 Å². The van der Waals surface area contributed by atoms with Crippen LogP contribution in [0.3, 0.4) is 0 Å². The Morgan fingerprint density at radius 1 is 1.29 bits per heavy atom. The molecule has 0 bridgehead atoms. The molecule has 9 heteroatoms. The number of hydrogen-bond donors (Lipinski definition) is 0. The number of hydrogen-bond acceptors (Lipinski definition) is 6. The monoisotopic (exact) mass is 424 g/mol. The van der Waals surface area contributed by atoms with Gasteiger partial charge in [-0.1, -0.05) is 6.92 Å². The molecule has 154 valence electrons. The Kier molecular flexibility index (Phi) is 6.57. The van der Waals surface area contributed by atoms with Gasteiger partial charge in [-0.15, -0.1) is 0 Å². The average Bonchev–Trinajstić information content (AvgIpc) is 3.20. The van der Waals surface area contributed by atoms with Crippen molar-refractivity contribution in [1.29, 1.82) is 0 Å². The van der Waals surface area contributed by atoms with Crippen LogP contribution >= 0.6 is 12.2 Å².